The SMILES string of the molecule is CS(=O)(=O)c1c2ccccc2c(-c2c3ccccc3cc3cccnc23)c2ccccc12. The van der Waals surface area contributed by atoms with Gasteiger partial charge in [-0.2, -0.15) is 0 Å². The van der Waals surface area contributed by atoms with Crippen molar-refractivity contribution >= 4 is 53.1 Å². The predicted octanol–water partition coefficient (Wildman–Crippen LogP) is 6.76. The first-order valence-electron chi connectivity index (χ1n) is 10.4. The number of sulfone groups is 1. The molecule has 0 aliphatic carbocycles. The standard InChI is InChI=1S/C28H19NO2S/c1-32(30,31)28-23-14-6-4-12-21(23)25(22-13-5-7-15-24(22)28)26-20-11-3-2-9-18(20)17-19-10-8-16-29-27(19)26/h2-17H,1H3. The van der Waals surface area contributed by atoms with E-state index in [9.17, 15) is 8.42 Å². The minimum atomic E-state index is -3.46. The van der Waals surface area contributed by atoms with Crippen molar-refractivity contribution in [2.75, 3.05) is 6.26 Å². The van der Waals surface area contributed by atoms with Crippen molar-refractivity contribution in [2.24, 2.45) is 0 Å². The van der Waals surface area contributed by atoms with Crippen LogP contribution in [0.4, 0.5) is 0 Å². The van der Waals surface area contributed by atoms with Crippen LogP contribution in [0.15, 0.2) is 102 Å². The maximum Gasteiger partial charge on any atom is 0.176 e. The fraction of sp³-hybridized carbons (Fsp3) is 0.0357. The van der Waals surface area contributed by atoms with Gasteiger partial charge >= 0.3 is 0 Å². The van der Waals surface area contributed by atoms with E-state index in [1.165, 1.54) is 6.26 Å². The quantitative estimate of drug-likeness (QED) is 0.283. The molecule has 0 saturated carbocycles. The summed E-state index contributed by atoms with van der Waals surface area (Å²) in [5.41, 5.74) is 2.96. The van der Waals surface area contributed by atoms with Gasteiger partial charge in [0.15, 0.2) is 9.84 Å². The second-order valence-corrected chi connectivity index (χ2v) is 10.1. The Morgan fingerprint density at radius 1 is 0.594 bits per heavy atom. The molecule has 0 unspecified atom stereocenters. The Hall–Kier alpha value is -3.76. The highest BCUT2D eigenvalue weighted by Crippen LogP contribution is 2.45. The molecule has 3 nitrogen and oxygen atoms in total. The van der Waals surface area contributed by atoms with E-state index in [1.807, 2.05) is 72.9 Å². The maximum atomic E-state index is 12.9. The van der Waals surface area contributed by atoms with E-state index in [0.717, 1.165) is 54.3 Å². The molecule has 32 heavy (non-hydrogen) atoms. The van der Waals surface area contributed by atoms with Gasteiger partial charge in [-0.15, -0.1) is 0 Å². The number of fused-ring (bicyclic) bond motifs is 4. The summed E-state index contributed by atoms with van der Waals surface area (Å²) in [4.78, 5) is 5.15. The zero-order chi connectivity index (χ0) is 21.9. The molecule has 0 amide bonds. The van der Waals surface area contributed by atoms with Crippen molar-refractivity contribution in [2.45, 2.75) is 4.90 Å². The molecule has 4 heteroatoms. The molecule has 0 saturated heterocycles. The molecule has 1 aromatic heterocycles. The molecule has 0 aliphatic rings. The summed E-state index contributed by atoms with van der Waals surface area (Å²) in [7, 11) is -3.46. The van der Waals surface area contributed by atoms with Crippen LogP contribution in [0.5, 0.6) is 0 Å². The molecule has 1 heterocycles. The van der Waals surface area contributed by atoms with Gasteiger partial charge in [-0.05, 0) is 33.7 Å². The van der Waals surface area contributed by atoms with Crippen molar-refractivity contribution in [3.63, 3.8) is 0 Å². The summed E-state index contributed by atoms with van der Waals surface area (Å²) in [5, 5.41) is 6.58. The topological polar surface area (TPSA) is 47.0 Å². The molecule has 0 N–H and O–H groups in total. The van der Waals surface area contributed by atoms with Gasteiger partial charge in [0.25, 0.3) is 0 Å². The highest BCUT2D eigenvalue weighted by atomic mass is 32.2. The molecule has 0 spiro atoms. The molecule has 154 valence electrons. The zero-order valence-electron chi connectivity index (χ0n) is 17.4. The Morgan fingerprint density at radius 2 is 1.12 bits per heavy atom. The molecule has 6 aromatic rings. The smallest absolute Gasteiger partial charge is 0.176 e. The van der Waals surface area contributed by atoms with Gasteiger partial charge in [0.1, 0.15) is 0 Å². The third-order valence-corrected chi connectivity index (χ3v) is 7.30. The van der Waals surface area contributed by atoms with Gasteiger partial charge < -0.3 is 0 Å². The van der Waals surface area contributed by atoms with E-state index in [4.69, 9.17) is 4.98 Å². The lowest BCUT2D eigenvalue weighted by atomic mass is 9.88. The molecule has 5 aromatic carbocycles. The predicted molar refractivity (Wildman–Crippen MR) is 133 cm³/mol. The first-order chi connectivity index (χ1) is 15.5. The van der Waals surface area contributed by atoms with Gasteiger partial charge in [-0.1, -0.05) is 78.9 Å². The Morgan fingerprint density at radius 3 is 1.75 bits per heavy atom. The number of hydrogen-bond donors (Lipinski definition) is 0. The van der Waals surface area contributed by atoms with Crippen LogP contribution in [0.3, 0.4) is 0 Å². The number of nitrogens with zero attached hydrogens (tertiary/aromatic N) is 1. The highest BCUT2D eigenvalue weighted by Gasteiger charge is 2.23. The van der Waals surface area contributed by atoms with E-state index >= 15 is 0 Å². The van der Waals surface area contributed by atoms with Crippen molar-refractivity contribution in [1.29, 1.82) is 0 Å². The van der Waals surface area contributed by atoms with Crippen LogP contribution >= 0.6 is 0 Å². The van der Waals surface area contributed by atoms with E-state index in [2.05, 4.69) is 24.3 Å². The van der Waals surface area contributed by atoms with Gasteiger partial charge in [-0.3, -0.25) is 4.98 Å². The Bertz CT molecular complexity index is 1690. The first-order valence-corrected chi connectivity index (χ1v) is 12.3. The fourth-order valence-corrected chi connectivity index (χ4v) is 6.05. The Labute approximate surface area is 185 Å². The second kappa shape index (κ2) is 6.87. The molecule has 0 atom stereocenters. The number of benzene rings is 5. The van der Waals surface area contributed by atoms with E-state index in [1.54, 1.807) is 0 Å². The number of aromatic nitrogens is 1. The maximum absolute atomic E-state index is 12.9. The van der Waals surface area contributed by atoms with Gasteiger partial charge in [0.2, 0.25) is 0 Å². The summed E-state index contributed by atoms with van der Waals surface area (Å²) in [6, 6.07) is 30.1. The number of hydrogen-bond acceptors (Lipinski definition) is 3. The van der Waals surface area contributed by atoms with Crippen molar-refractivity contribution in [3.8, 4) is 11.1 Å². The first kappa shape index (κ1) is 19.0. The van der Waals surface area contributed by atoms with E-state index in [-0.39, 0.29) is 0 Å². The van der Waals surface area contributed by atoms with Gasteiger partial charge in [0.05, 0.1) is 10.4 Å². The van der Waals surface area contributed by atoms with Crippen LogP contribution in [0, 0.1) is 0 Å². The lowest BCUT2D eigenvalue weighted by Crippen LogP contribution is -2.01. The fourth-order valence-electron chi connectivity index (χ4n) is 4.90. The summed E-state index contributed by atoms with van der Waals surface area (Å²) in [5.74, 6) is 0. The minimum absolute atomic E-state index is 0.380. The van der Waals surface area contributed by atoms with E-state index in [0.29, 0.717) is 4.90 Å². The van der Waals surface area contributed by atoms with Crippen molar-refractivity contribution < 1.29 is 8.42 Å². The third kappa shape index (κ3) is 2.73. The zero-order valence-corrected chi connectivity index (χ0v) is 18.2. The lowest BCUT2D eigenvalue weighted by molar-refractivity contribution is 0.603. The van der Waals surface area contributed by atoms with E-state index < -0.39 is 9.84 Å². The minimum Gasteiger partial charge on any atom is -0.256 e. The molecule has 6 rings (SSSR count). The van der Waals surface area contributed by atoms with Crippen LogP contribution in [0.2, 0.25) is 0 Å². The van der Waals surface area contributed by atoms with Crippen LogP contribution < -0.4 is 0 Å². The summed E-state index contributed by atoms with van der Waals surface area (Å²) in [6.07, 6.45) is 3.10. The Kier molecular flexibility index (Phi) is 4.07. The van der Waals surface area contributed by atoms with Gasteiger partial charge in [-0.25, -0.2) is 8.42 Å². The number of pyridine rings is 1. The van der Waals surface area contributed by atoms with Gasteiger partial charge in [0, 0.05) is 39.7 Å². The Balaban J connectivity index is 1.97. The average Bonchev–Trinajstić information content (AvgIpc) is 2.80. The second-order valence-electron chi connectivity index (χ2n) is 8.12. The molecular formula is C28H19NO2S. The third-order valence-electron chi connectivity index (χ3n) is 6.12. The summed E-state index contributed by atoms with van der Waals surface area (Å²) in [6.45, 7) is 0. The monoisotopic (exact) mass is 433 g/mol. The normalized spacial score (nSPS) is 12.2. The summed E-state index contributed by atoms with van der Waals surface area (Å²) >= 11 is 0. The highest BCUT2D eigenvalue weighted by molar-refractivity contribution is 7.91. The van der Waals surface area contributed by atoms with Crippen LogP contribution in [0.25, 0.3) is 54.3 Å². The average molecular weight is 434 g/mol. The van der Waals surface area contributed by atoms with Crippen LogP contribution in [-0.2, 0) is 9.84 Å². The van der Waals surface area contributed by atoms with Crippen molar-refractivity contribution in [3.05, 3.63) is 97.2 Å². The van der Waals surface area contributed by atoms with Crippen molar-refractivity contribution in [1.82, 2.24) is 4.98 Å². The van der Waals surface area contributed by atoms with Crippen LogP contribution in [0.1, 0.15) is 0 Å². The molecule has 0 bridgehead atoms. The lowest BCUT2D eigenvalue weighted by Gasteiger charge is -2.18. The summed E-state index contributed by atoms with van der Waals surface area (Å²) < 4.78 is 25.8. The molecule has 0 aliphatic heterocycles. The molecule has 0 fully saturated rings. The largest absolute Gasteiger partial charge is 0.256 e. The number of rotatable bonds is 2. The molecular weight excluding hydrogens is 414 g/mol. The molecule has 0 radical (unpaired) electrons. The van der Waals surface area contributed by atoms with Crippen LogP contribution in [-0.4, -0.2) is 19.7 Å².